The highest BCUT2D eigenvalue weighted by Gasteiger charge is 2.35. The summed E-state index contributed by atoms with van der Waals surface area (Å²) in [6.45, 7) is 9.44. The van der Waals surface area contributed by atoms with Crippen molar-refractivity contribution in [2.75, 3.05) is 32.7 Å². The van der Waals surface area contributed by atoms with Crippen LogP contribution in [0.2, 0.25) is 0 Å². The molecule has 1 heterocycles. The van der Waals surface area contributed by atoms with Crippen molar-refractivity contribution in [2.45, 2.75) is 32.1 Å². The predicted octanol–water partition coefficient (Wildman–Crippen LogP) is 2.93. The second kappa shape index (κ2) is 7.71. The van der Waals surface area contributed by atoms with Crippen LogP contribution in [0.15, 0.2) is 24.3 Å². The molecule has 1 atom stereocenters. The number of nitrogens with one attached hydrogen (secondary N) is 1. The lowest BCUT2D eigenvalue weighted by Gasteiger charge is -2.33. The van der Waals surface area contributed by atoms with E-state index in [2.05, 4.69) is 30.1 Å². The first-order chi connectivity index (χ1) is 10.6. The highest BCUT2D eigenvalue weighted by atomic mass is 19.1. The van der Waals surface area contributed by atoms with E-state index in [-0.39, 0.29) is 11.7 Å². The maximum atomic E-state index is 13.2. The summed E-state index contributed by atoms with van der Waals surface area (Å²) in [7, 11) is 0. The lowest BCUT2D eigenvalue weighted by Crippen LogP contribution is -2.44. The van der Waals surface area contributed by atoms with Crippen LogP contribution in [0.1, 0.15) is 32.3 Å². The SMILES string of the molecule is CC(C)C(C#N)(CCCN1CCNCC1)c1ccc(F)cc1. The minimum atomic E-state index is -0.526. The van der Waals surface area contributed by atoms with E-state index < -0.39 is 5.41 Å². The molecule has 0 bridgehead atoms. The molecule has 1 saturated heterocycles. The van der Waals surface area contributed by atoms with E-state index >= 15 is 0 Å². The molecule has 0 radical (unpaired) electrons. The van der Waals surface area contributed by atoms with Gasteiger partial charge in [-0.15, -0.1) is 0 Å². The van der Waals surface area contributed by atoms with Crippen molar-refractivity contribution in [3.63, 3.8) is 0 Å². The van der Waals surface area contributed by atoms with Gasteiger partial charge in [-0.3, -0.25) is 0 Å². The molecule has 3 nitrogen and oxygen atoms in total. The van der Waals surface area contributed by atoms with Gasteiger partial charge in [-0.25, -0.2) is 4.39 Å². The van der Waals surface area contributed by atoms with Crippen LogP contribution in [-0.4, -0.2) is 37.6 Å². The molecular weight excluding hydrogens is 277 g/mol. The number of hydrogen-bond donors (Lipinski definition) is 1. The second-order valence-corrected chi connectivity index (χ2v) is 6.44. The Morgan fingerprint density at radius 1 is 1.27 bits per heavy atom. The highest BCUT2D eigenvalue weighted by molar-refractivity contribution is 5.33. The summed E-state index contributed by atoms with van der Waals surface area (Å²) in [6.07, 6.45) is 1.81. The van der Waals surface area contributed by atoms with Gasteiger partial charge in [0.15, 0.2) is 0 Å². The van der Waals surface area contributed by atoms with Crippen LogP contribution in [0.4, 0.5) is 4.39 Å². The Labute approximate surface area is 133 Å². The Morgan fingerprint density at radius 2 is 1.91 bits per heavy atom. The maximum absolute atomic E-state index is 13.2. The van der Waals surface area contributed by atoms with Crippen LogP contribution in [0.5, 0.6) is 0 Å². The molecule has 0 saturated carbocycles. The van der Waals surface area contributed by atoms with Crippen molar-refractivity contribution in [2.24, 2.45) is 5.92 Å². The third-order valence-corrected chi connectivity index (χ3v) is 4.80. The zero-order chi connectivity index (χ0) is 16.0. The number of halogens is 1. The van der Waals surface area contributed by atoms with Gasteiger partial charge in [0.2, 0.25) is 0 Å². The smallest absolute Gasteiger partial charge is 0.123 e. The largest absolute Gasteiger partial charge is 0.314 e. The van der Waals surface area contributed by atoms with Crippen molar-refractivity contribution in [3.05, 3.63) is 35.6 Å². The Kier molecular flexibility index (Phi) is 5.93. The average molecular weight is 303 g/mol. The van der Waals surface area contributed by atoms with Gasteiger partial charge in [0.25, 0.3) is 0 Å². The average Bonchev–Trinajstić information content (AvgIpc) is 2.53. The van der Waals surface area contributed by atoms with Crippen LogP contribution < -0.4 is 5.32 Å². The highest BCUT2D eigenvalue weighted by Crippen LogP contribution is 2.36. The fourth-order valence-electron chi connectivity index (χ4n) is 3.28. The summed E-state index contributed by atoms with van der Waals surface area (Å²) in [5.41, 5.74) is 0.411. The molecule has 2 rings (SSSR count). The Balaban J connectivity index is 2.05. The quantitative estimate of drug-likeness (QED) is 0.878. The summed E-state index contributed by atoms with van der Waals surface area (Å²) in [6, 6.07) is 8.99. The summed E-state index contributed by atoms with van der Waals surface area (Å²) >= 11 is 0. The number of benzene rings is 1. The van der Waals surface area contributed by atoms with E-state index in [0.717, 1.165) is 51.1 Å². The predicted molar refractivity (Wildman–Crippen MR) is 87.1 cm³/mol. The maximum Gasteiger partial charge on any atom is 0.123 e. The number of hydrogen-bond acceptors (Lipinski definition) is 3. The molecule has 1 aromatic rings. The molecule has 1 aliphatic rings. The third-order valence-electron chi connectivity index (χ3n) is 4.80. The van der Waals surface area contributed by atoms with Gasteiger partial charge in [0, 0.05) is 26.2 Å². The lowest BCUT2D eigenvalue weighted by atomic mass is 9.70. The molecule has 0 spiro atoms. The van der Waals surface area contributed by atoms with E-state index in [1.807, 2.05) is 0 Å². The molecule has 1 aliphatic heterocycles. The molecule has 22 heavy (non-hydrogen) atoms. The van der Waals surface area contributed by atoms with E-state index in [4.69, 9.17) is 0 Å². The molecule has 0 amide bonds. The Hall–Kier alpha value is -1.44. The van der Waals surface area contributed by atoms with Gasteiger partial charge >= 0.3 is 0 Å². The topological polar surface area (TPSA) is 39.1 Å². The van der Waals surface area contributed by atoms with Gasteiger partial charge in [-0.05, 0) is 43.0 Å². The fourth-order valence-corrected chi connectivity index (χ4v) is 3.28. The molecular formula is C18H26FN3. The van der Waals surface area contributed by atoms with Crippen molar-refractivity contribution >= 4 is 0 Å². The lowest BCUT2D eigenvalue weighted by molar-refractivity contribution is 0.225. The Bertz CT molecular complexity index is 500. The molecule has 1 unspecified atom stereocenters. The Morgan fingerprint density at radius 3 is 2.45 bits per heavy atom. The van der Waals surface area contributed by atoms with Gasteiger partial charge in [-0.1, -0.05) is 26.0 Å². The van der Waals surface area contributed by atoms with Crippen LogP contribution >= 0.6 is 0 Å². The van der Waals surface area contributed by atoms with E-state index in [0.29, 0.717) is 0 Å². The minimum Gasteiger partial charge on any atom is -0.314 e. The van der Waals surface area contributed by atoms with E-state index in [1.54, 1.807) is 12.1 Å². The molecule has 4 heteroatoms. The molecule has 1 N–H and O–H groups in total. The summed E-state index contributed by atoms with van der Waals surface area (Å²) in [5.74, 6) is -0.0499. The molecule has 1 fully saturated rings. The molecule has 0 aromatic heterocycles. The second-order valence-electron chi connectivity index (χ2n) is 6.44. The molecule has 120 valence electrons. The first-order valence-corrected chi connectivity index (χ1v) is 8.19. The summed E-state index contributed by atoms with van der Waals surface area (Å²) in [4.78, 5) is 2.45. The first-order valence-electron chi connectivity index (χ1n) is 8.19. The van der Waals surface area contributed by atoms with Crippen LogP contribution in [0.3, 0.4) is 0 Å². The van der Waals surface area contributed by atoms with E-state index in [9.17, 15) is 9.65 Å². The van der Waals surface area contributed by atoms with Gasteiger partial charge in [0.05, 0.1) is 11.5 Å². The summed E-state index contributed by atoms with van der Waals surface area (Å²) in [5, 5.41) is 13.2. The molecule has 0 aliphatic carbocycles. The standard InChI is InChI=1S/C18H26FN3/c1-15(2)18(14-20,16-4-6-17(19)7-5-16)8-3-11-22-12-9-21-10-13-22/h4-7,15,21H,3,8-13H2,1-2H3. The fraction of sp³-hybridized carbons (Fsp3) is 0.611. The number of nitrogens with zero attached hydrogens (tertiary/aromatic N) is 2. The van der Waals surface area contributed by atoms with Gasteiger partial charge < -0.3 is 10.2 Å². The van der Waals surface area contributed by atoms with Gasteiger partial charge in [0.1, 0.15) is 5.82 Å². The number of piperazine rings is 1. The number of nitriles is 1. The van der Waals surface area contributed by atoms with Crippen LogP contribution in [0.25, 0.3) is 0 Å². The van der Waals surface area contributed by atoms with Crippen molar-refractivity contribution in [1.29, 1.82) is 5.26 Å². The summed E-state index contributed by atoms with van der Waals surface area (Å²) < 4.78 is 13.2. The van der Waals surface area contributed by atoms with E-state index in [1.165, 1.54) is 12.1 Å². The van der Waals surface area contributed by atoms with Crippen molar-refractivity contribution in [3.8, 4) is 6.07 Å². The monoisotopic (exact) mass is 303 g/mol. The third kappa shape index (κ3) is 3.85. The van der Waals surface area contributed by atoms with Crippen LogP contribution in [0, 0.1) is 23.1 Å². The first kappa shape index (κ1) is 16.9. The van der Waals surface area contributed by atoms with Crippen molar-refractivity contribution < 1.29 is 4.39 Å². The zero-order valence-corrected chi connectivity index (χ0v) is 13.6. The van der Waals surface area contributed by atoms with Crippen LogP contribution in [-0.2, 0) is 5.41 Å². The minimum absolute atomic E-state index is 0.200. The molecule has 1 aromatic carbocycles. The number of rotatable bonds is 6. The van der Waals surface area contributed by atoms with Gasteiger partial charge in [-0.2, -0.15) is 5.26 Å². The van der Waals surface area contributed by atoms with Crippen molar-refractivity contribution in [1.82, 2.24) is 10.2 Å². The normalized spacial score (nSPS) is 18.9. The zero-order valence-electron chi connectivity index (χ0n) is 13.6.